The van der Waals surface area contributed by atoms with Crippen LogP contribution in [0, 0.1) is 29.1 Å². The van der Waals surface area contributed by atoms with Gasteiger partial charge in [-0.25, -0.2) is 0 Å². The van der Waals surface area contributed by atoms with Crippen LogP contribution in [-0.2, 0) is 9.52 Å². The lowest BCUT2D eigenvalue weighted by molar-refractivity contribution is 0.0351. The summed E-state index contributed by atoms with van der Waals surface area (Å²) in [6.45, 7) is 7.51. The smallest absolute Gasteiger partial charge is 0.0305 e. The summed E-state index contributed by atoms with van der Waals surface area (Å²) in [6.07, 6.45) is 9.34. The second-order valence-corrected chi connectivity index (χ2v) is 11.6. The van der Waals surface area contributed by atoms with E-state index in [0.29, 0.717) is 5.41 Å². The minimum atomic E-state index is -2.13. The molecule has 6 atom stereocenters. The molecule has 0 spiro atoms. The van der Waals surface area contributed by atoms with Crippen LogP contribution >= 0.6 is 0 Å². The fourth-order valence-corrected chi connectivity index (χ4v) is 7.69. The lowest BCUT2D eigenvalue weighted by Gasteiger charge is -2.46. The fraction of sp³-hybridized carbons (Fsp3) is 0.696. The summed E-state index contributed by atoms with van der Waals surface area (Å²) in [5, 5.41) is 0. The number of fused-ring (bicyclic) bond motifs is 1. The highest BCUT2D eigenvalue weighted by atomic mass is 32.2. The summed E-state index contributed by atoms with van der Waals surface area (Å²) in [6, 6.07) is 9.83. The van der Waals surface area contributed by atoms with E-state index >= 15 is 0 Å². The highest BCUT2D eigenvalue weighted by molar-refractivity contribution is 8.00. The van der Waals surface area contributed by atoms with Gasteiger partial charge in [0, 0.05) is 10.6 Å². The molecule has 3 rings (SSSR count). The summed E-state index contributed by atoms with van der Waals surface area (Å²) in [4.78, 5) is 0.914. The first-order valence-corrected chi connectivity index (χ1v) is 12.1. The summed E-state index contributed by atoms with van der Waals surface area (Å²) >= 11 is 0. The number of hydrogen-bond donors (Lipinski definition) is 0. The Morgan fingerprint density at radius 1 is 1.24 bits per heavy atom. The molecule has 140 valence electrons. The topological polar surface area (TPSA) is 17.1 Å². The standard InChI is InChI=1S/C23H36OS/c1-18-10-8-16-23(3)21(18)14-15-22(23)19(2)11-9-17-25(4,24)20-12-6-5-7-13-20/h5-7,12-13,18-19,21-22H,4,8-11,14-17H2,1-3H3/t18-,19+,21-,22+,23-,25?/m0/s1. The minimum absolute atomic E-state index is 0.558. The minimum Gasteiger partial charge on any atom is -0.263 e. The molecule has 2 heteroatoms. The molecule has 0 N–H and O–H groups in total. The third kappa shape index (κ3) is 3.84. The molecular formula is C23H36OS. The van der Waals surface area contributed by atoms with Gasteiger partial charge < -0.3 is 0 Å². The van der Waals surface area contributed by atoms with Crippen molar-refractivity contribution in [1.82, 2.24) is 0 Å². The van der Waals surface area contributed by atoms with Gasteiger partial charge in [-0.15, -0.1) is 0 Å². The molecular weight excluding hydrogens is 324 g/mol. The van der Waals surface area contributed by atoms with Gasteiger partial charge in [0.1, 0.15) is 0 Å². The second-order valence-electron chi connectivity index (χ2n) is 9.11. The van der Waals surface area contributed by atoms with E-state index in [1.807, 2.05) is 30.3 Å². The predicted octanol–water partition coefficient (Wildman–Crippen LogP) is 6.03. The Hall–Kier alpha value is -0.760. The van der Waals surface area contributed by atoms with Crippen LogP contribution in [0.3, 0.4) is 0 Å². The molecule has 1 unspecified atom stereocenters. The number of rotatable bonds is 6. The van der Waals surface area contributed by atoms with E-state index < -0.39 is 9.52 Å². The molecule has 0 bridgehead atoms. The average Bonchev–Trinajstić information content (AvgIpc) is 2.94. The maximum Gasteiger partial charge on any atom is 0.0305 e. The largest absolute Gasteiger partial charge is 0.263 e. The van der Waals surface area contributed by atoms with Gasteiger partial charge in [-0.1, -0.05) is 51.8 Å². The summed E-state index contributed by atoms with van der Waals surface area (Å²) in [5.41, 5.74) is 0.558. The van der Waals surface area contributed by atoms with Crippen molar-refractivity contribution in [3.63, 3.8) is 0 Å². The SMILES string of the molecule is C=S(=O)(CCC[C@@H](C)[C@H]1CC[C@H]2[C@@H](C)CCC[C@]12C)c1ccccc1. The summed E-state index contributed by atoms with van der Waals surface area (Å²) < 4.78 is 12.9. The normalized spacial score (nSPS) is 35.7. The third-order valence-corrected chi connectivity index (χ3v) is 9.62. The molecule has 1 aromatic rings. The van der Waals surface area contributed by atoms with Crippen molar-refractivity contribution < 1.29 is 4.21 Å². The molecule has 0 saturated heterocycles. The molecule has 1 nitrogen and oxygen atoms in total. The van der Waals surface area contributed by atoms with Gasteiger partial charge in [0.15, 0.2) is 0 Å². The fourth-order valence-electron chi connectivity index (χ4n) is 6.17. The van der Waals surface area contributed by atoms with Crippen LogP contribution in [0.4, 0.5) is 0 Å². The monoisotopic (exact) mass is 360 g/mol. The first-order chi connectivity index (χ1) is 11.8. The Bertz CT molecular complexity index is 663. The Kier molecular flexibility index (Phi) is 5.68. The van der Waals surface area contributed by atoms with E-state index in [0.717, 1.165) is 40.7 Å². The van der Waals surface area contributed by atoms with Gasteiger partial charge >= 0.3 is 0 Å². The van der Waals surface area contributed by atoms with E-state index in [-0.39, 0.29) is 0 Å². The maximum absolute atomic E-state index is 12.9. The molecule has 0 heterocycles. The zero-order valence-electron chi connectivity index (χ0n) is 16.4. The molecule has 1 aromatic carbocycles. The third-order valence-electron chi connectivity index (χ3n) is 7.54. The van der Waals surface area contributed by atoms with Crippen molar-refractivity contribution in [3.05, 3.63) is 30.3 Å². The van der Waals surface area contributed by atoms with Gasteiger partial charge in [-0.05, 0) is 88.7 Å². The van der Waals surface area contributed by atoms with Crippen LogP contribution in [0.25, 0.3) is 0 Å². The summed E-state index contributed by atoms with van der Waals surface area (Å²) in [7, 11) is -2.13. The maximum atomic E-state index is 12.9. The number of hydrogen-bond acceptors (Lipinski definition) is 1. The van der Waals surface area contributed by atoms with Crippen molar-refractivity contribution in [1.29, 1.82) is 0 Å². The van der Waals surface area contributed by atoms with E-state index in [1.165, 1.54) is 38.5 Å². The van der Waals surface area contributed by atoms with Crippen molar-refractivity contribution in [2.45, 2.75) is 70.6 Å². The highest BCUT2D eigenvalue weighted by Crippen LogP contribution is 2.59. The van der Waals surface area contributed by atoms with E-state index in [2.05, 4.69) is 26.6 Å². The van der Waals surface area contributed by atoms with Gasteiger partial charge in [0.05, 0.1) is 0 Å². The lowest BCUT2D eigenvalue weighted by Crippen LogP contribution is -2.38. The van der Waals surface area contributed by atoms with Crippen molar-refractivity contribution in [2.75, 3.05) is 5.75 Å². The lowest BCUT2D eigenvalue weighted by atomic mass is 9.59. The zero-order chi connectivity index (χ0) is 18.1. The zero-order valence-corrected chi connectivity index (χ0v) is 17.2. The predicted molar refractivity (Wildman–Crippen MR) is 111 cm³/mol. The van der Waals surface area contributed by atoms with Crippen molar-refractivity contribution >= 4 is 15.4 Å². The molecule has 0 radical (unpaired) electrons. The molecule has 2 saturated carbocycles. The van der Waals surface area contributed by atoms with Crippen LogP contribution in [-0.4, -0.2) is 15.8 Å². The molecule has 2 fully saturated rings. The highest BCUT2D eigenvalue weighted by Gasteiger charge is 2.51. The second kappa shape index (κ2) is 7.47. The van der Waals surface area contributed by atoms with Crippen LogP contribution in [0.5, 0.6) is 0 Å². The molecule has 2 aliphatic rings. The van der Waals surface area contributed by atoms with Crippen molar-refractivity contribution in [3.8, 4) is 0 Å². The van der Waals surface area contributed by atoms with Crippen LogP contribution in [0.2, 0.25) is 0 Å². The Balaban J connectivity index is 1.57. The Morgan fingerprint density at radius 2 is 1.96 bits per heavy atom. The molecule has 25 heavy (non-hydrogen) atoms. The molecule has 2 aliphatic carbocycles. The first kappa shape index (κ1) is 19.0. The van der Waals surface area contributed by atoms with Crippen LogP contribution in [0.15, 0.2) is 35.2 Å². The van der Waals surface area contributed by atoms with E-state index in [4.69, 9.17) is 0 Å². The van der Waals surface area contributed by atoms with Gasteiger partial charge in [-0.3, -0.25) is 4.21 Å². The number of benzene rings is 1. The van der Waals surface area contributed by atoms with E-state index in [1.54, 1.807) is 0 Å². The first-order valence-electron chi connectivity index (χ1n) is 10.2. The Morgan fingerprint density at radius 3 is 2.68 bits per heavy atom. The van der Waals surface area contributed by atoms with Gasteiger partial charge in [-0.2, -0.15) is 0 Å². The molecule has 0 aromatic heterocycles. The summed E-state index contributed by atoms with van der Waals surface area (Å²) in [5.74, 6) is 8.23. The molecule has 0 aliphatic heterocycles. The molecule has 0 amide bonds. The average molecular weight is 361 g/mol. The quantitative estimate of drug-likeness (QED) is 0.566. The van der Waals surface area contributed by atoms with Crippen molar-refractivity contribution in [2.24, 2.45) is 29.1 Å². The van der Waals surface area contributed by atoms with Gasteiger partial charge in [0.2, 0.25) is 0 Å². The van der Waals surface area contributed by atoms with E-state index in [9.17, 15) is 4.21 Å². The van der Waals surface area contributed by atoms with Crippen LogP contribution < -0.4 is 0 Å². The Labute approximate surface area is 155 Å². The van der Waals surface area contributed by atoms with Crippen LogP contribution in [0.1, 0.15) is 65.7 Å². The van der Waals surface area contributed by atoms with Gasteiger partial charge in [0.25, 0.3) is 0 Å².